The topological polar surface area (TPSA) is 106 Å². The molecule has 0 aliphatic rings. The molecule has 8 nitrogen and oxygen atoms in total. The van der Waals surface area contributed by atoms with Crippen molar-refractivity contribution in [1.29, 1.82) is 0 Å². The number of amides is 1. The molecule has 0 aliphatic heterocycles. The summed E-state index contributed by atoms with van der Waals surface area (Å²) in [5, 5.41) is 1.74. The second-order valence-electron chi connectivity index (χ2n) is 7.08. The highest BCUT2D eigenvalue weighted by Crippen LogP contribution is 2.18. The molecule has 0 spiro atoms. The lowest BCUT2D eigenvalue weighted by atomic mass is 10.1. The Hall–Kier alpha value is -3.17. The lowest BCUT2D eigenvalue weighted by Crippen LogP contribution is -2.31. The van der Waals surface area contributed by atoms with Crippen molar-refractivity contribution < 1.29 is 27.2 Å². The van der Waals surface area contributed by atoms with Crippen molar-refractivity contribution in [3.05, 3.63) is 66.1 Å². The molecule has 1 heterocycles. The smallest absolute Gasteiger partial charge is 0.307 e. The average molecular weight is 445 g/mol. The highest BCUT2D eigenvalue weighted by Gasteiger charge is 2.17. The first-order valence-corrected chi connectivity index (χ1v) is 11.2. The van der Waals surface area contributed by atoms with E-state index in [1.54, 1.807) is 38.2 Å². The maximum absolute atomic E-state index is 12.5. The van der Waals surface area contributed by atoms with Gasteiger partial charge in [-0.1, -0.05) is 30.3 Å². The van der Waals surface area contributed by atoms with Crippen LogP contribution >= 0.6 is 0 Å². The summed E-state index contributed by atoms with van der Waals surface area (Å²) in [6.07, 6.45) is -0.193. The molecule has 0 fully saturated rings. The molecule has 0 saturated heterocycles. The monoisotopic (exact) mass is 444 g/mol. The normalized spacial score (nSPS) is 11.4. The highest BCUT2D eigenvalue weighted by atomic mass is 32.2. The number of likely N-dealkylation sites (N-methyl/N-ethyl adjacent to an activating group) is 1. The van der Waals surface area contributed by atoms with E-state index in [0.717, 1.165) is 16.5 Å². The number of sulfonamides is 1. The van der Waals surface area contributed by atoms with E-state index in [9.17, 15) is 18.0 Å². The van der Waals surface area contributed by atoms with E-state index in [-0.39, 0.29) is 30.3 Å². The predicted molar refractivity (Wildman–Crippen MR) is 115 cm³/mol. The van der Waals surface area contributed by atoms with Crippen molar-refractivity contribution in [3.63, 3.8) is 0 Å². The quantitative estimate of drug-likeness (QED) is 0.509. The fraction of sp³-hybridized carbons (Fsp3) is 0.273. The number of carbonyl (C=O) groups excluding carboxylic acids is 2. The fourth-order valence-electron chi connectivity index (χ4n) is 2.92. The van der Waals surface area contributed by atoms with Crippen LogP contribution in [0.1, 0.15) is 17.9 Å². The Morgan fingerprint density at radius 3 is 2.52 bits per heavy atom. The number of hydrogen-bond donors (Lipinski definition) is 1. The van der Waals surface area contributed by atoms with Gasteiger partial charge in [-0.15, -0.1) is 0 Å². The summed E-state index contributed by atoms with van der Waals surface area (Å²) in [5.74, 6) is 0.312. The number of furan rings is 1. The Labute approximate surface area is 180 Å². The first kappa shape index (κ1) is 22.5. The second-order valence-corrected chi connectivity index (χ2v) is 8.85. The lowest BCUT2D eigenvalue weighted by molar-refractivity contribution is -0.151. The van der Waals surface area contributed by atoms with Gasteiger partial charge in [-0.05, 0) is 42.0 Å². The number of nitrogens with zero attached hydrogens (tertiary/aromatic N) is 1. The molecule has 2 aromatic carbocycles. The number of esters is 1. The zero-order chi connectivity index (χ0) is 22.4. The van der Waals surface area contributed by atoms with Gasteiger partial charge in [-0.2, -0.15) is 0 Å². The van der Waals surface area contributed by atoms with E-state index < -0.39 is 22.6 Å². The zero-order valence-electron chi connectivity index (χ0n) is 17.3. The fourth-order valence-corrected chi connectivity index (χ4v) is 3.99. The van der Waals surface area contributed by atoms with Crippen LogP contribution < -0.4 is 4.72 Å². The van der Waals surface area contributed by atoms with Crippen molar-refractivity contribution >= 4 is 32.7 Å². The number of hydrogen-bond acceptors (Lipinski definition) is 6. The van der Waals surface area contributed by atoms with E-state index in [1.807, 2.05) is 24.3 Å². The van der Waals surface area contributed by atoms with Crippen molar-refractivity contribution in [2.24, 2.45) is 0 Å². The van der Waals surface area contributed by atoms with Crippen molar-refractivity contribution in [2.45, 2.75) is 24.8 Å². The first-order chi connectivity index (χ1) is 14.7. The molecule has 1 amide bonds. The molecule has 164 valence electrons. The summed E-state index contributed by atoms with van der Waals surface area (Å²) >= 11 is 0. The number of benzene rings is 2. The van der Waals surface area contributed by atoms with Gasteiger partial charge in [0.15, 0.2) is 6.61 Å². The minimum atomic E-state index is -3.77. The molecule has 3 aromatic rings. The molecule has 1 aromatic heterocycles. The molecule has 9 heteroatoms. The lowest BCUT2D eigenvalue weighted by Gasteiger charge is -2.15. The van der Waals surface area contributed by atoms with E-state index in [4.69, 9.17) is 9.15 Å². The van der Waals surface area contributed by atoms with Crippen LogP contribution in [0.15, 0.2) is 63.9 Å². The molecular weight excluding hydrogens is 420 g/mol. The molecule has 0 bridgehead atoms. The minimum absolute atomic E-state index is 0.115. The van der Waals surface area contributed by atoms with Crippen LogP contribution in [0.4, 0.5) is 0 Å². The maximum Gasteiger partial charge on any atom is 0.307 e. The van der Waals surface area contributed by atoms with E-state index in [2.05, 4.69) is 4.72 Å². The molecule has 0 atom stereocenters. The Morgan fingerprint density at radius 1 is 1.06 bits per heavy atom. The van der Waals surface area contributed by atoms with Gasteiger partial charge in [0.05, 0.1) is 17.9 Å². The van der Waals surface area contributed by atoms with Gasteiger partial charge in [-0.3, -0.25) is 9.59 Å². The summed E-state index contributed by atoms with van der Waals surface area (Å²) in [4.78, 5) is 25.5. The standard InChI is InChI=1S/C22H24N2O6S/c1-16-7-9-19(30-16)14-24(2)21(25)15-29-22(26)11-12-23-31(27,28)20-10-8-17-5-3-4-6-18(17)13-20/h3-10,13,23H,11-12,14-15H2,1-2H3. The average Bonchev–Trinajstić information content (AvgIpc) is 3.15. The number of fused-ring (bicyclic) bond motifs is 1. The number of ether oxygens (including phenoxy) is 1. The van der Waals surface area contributed by atoms with E-state index in [1.165, 1.54) is 11.0 Å². The van der Waals surface area contributed by atoms with Crippen LogP contribution in [0, 0.1) is 6.92 Å². The van der Waals surface area contributed by atoms with Gasteiger partial charge in [0.25, 0.3) is 5.91 Å². The molecule has 0 unspecified atom stereocenters. The molecule has 3 rings (SSSR count). The summed E-state index contributed by atoms with van der Waals surface area (Å²) in [6, 6.07) is 15.8. The summed E-state index contributed by atoms with van der Waals surface area (Å²) < 4.78 is 37.6. The van der Waals surface area contributed by atoms with Crippen LogP contribution in [-0.2, 0) is 30.9 Å². The highest BCUT2D eigenvalue weighted by molar-refractivity contribution is 7.89. The Bertz CT molecular complexity index is 1190. The van der Waals surface area contributed by atoms with Gasteiger partial charge in [-0.25, -0.2) is 13.1 Å². The van der Waals surface area contributed by atoms with Gasteiger partial charge in [0.1, 0.15) is 11.5 Å². The summed E-state index contributed by atoms with van der Waals surface area (Å²) in [5.41, 5.74) is 0. The Balaban J connectivity index is 1.44. The number of carbonyl (C=O) groups is 2. The SMILES string of the molecule is Cc1ccc(CN(C)C(=O)COC(=O)CCNS(=O)(=O)c2ccc3ccccc3c2)o1. The summed E-state index contributed by atoms with van der Waals surface area (Å²) in [7, 11) is -2.19. The van der Waals surface area contributed by atoms with E-state index >= 15 is 0 Å². The molecule has 0 saturated carbocycles. The molecule has 0 aliphatic carbocycles. The van der Waals surface area contributed by atoms with Crippen molar-refractivity contribution in [2.75, 3.05) is 20.2 Å². The maximum atomic E-state index is 12.5. The summed E-state index contributed by atoms with van der Waals surface area (Å²) in [6.45, 7) is 1.51. The Morgan fingerprint density at radius 2 is 1.81 bits per heavy atom. The second kappa shape index (κ2) is 9.76. The third-order valence-corrected chi connectivity index (χ3v) is 6.08. The molecule has 0 radical (unpaired) electrons. The molecular formula is C22H24N2O6S. The van der Waals surface area contributed by atoms with Crippen molar-refractivity contribution in [1.82, 2.24) is 9.62 Å². The number of aryl methyl sites for hydroxylation is 1. The van der Waals surface area contributed by atoms with Gasteiger partial charge in [0.2, 0.25) is 10.0 Å². The van der Waals surface area contributed by atoms with Gasteiger partial charge >= 0.3 is 5.97 Å². The third-order valence-electron chi connectivity index (χ3n) is 4.62. The largest absolute Gasteiger partial charge is 0.464 e. The van der Waals surface area contributed by atoms with Crippen LogP contribution in [0.5, 0.6) is 0 Å². The van der Waals surface area contributed by atoms with Gasteiger partial charge in [0, 0.05) is 13.6 Å². The minimum Gasteiger partial charge on any atom is -0.464 e. The van der Waals surface area contributed by atoms with Crippen LogP contribution in [-0.4, -0.2) is 45.4 Å². The van der Waals surface area contributed by atoms with Crippen LogP contribution in [0.3, 0.4) is 0 Å². The van der Waals surface area contributed by atoms with Gasteiger partial charge < -0.3 is 14.1 Å². The molecule has 31 heavy (non-hydrogen) atoms. The first-order valence-electron chi connectivity index (χ1n) is 9.68. The Kier molecular flexibility index (Phi) is 7.09. The third kappa shape index (κ3) is 6.16. The zero-order valence-corrected chi connectivity index (χ0v) is 18.1. The molecule has 1 N–H and O–H groups in total. The van der Waals surface area contributed by atoms with Crippen LogP contribution in [0.25, 0.3) is 10.8 Å². The predicted octanol–water partition coefficient (Wildman–Crippen LogP) is 2.61. The van der Waals surface area contributed by atoms with Crippen LogP contribution in [0.2, 0.25) is 0 Å². The number of rotatable bonds is 9. The van der Waals surface area contributed by atoms with E-state index in [0.29, 0.717) is 5.76 Å². The number of nitrogens with one attached hydrogen (secondary N) is 1. The van der Waals surface area contributed by atoms with Crippen molar-refractivity contribution in [3.8, 4) is 0 Å².